The largest absolute Gasteiger partial charge is 0.478 e. The summed E-state index contributed by atoms with van der Waals surface area (Å²) in [7, 11) is 0. The molecular formula is C15H14N2O3. The number of nitrogens with zero attached hydrogens (tertiary/aromatic N) is 2. The van der Waals surface area contributed by atoms with E-state index in [0.29, 0.717) is 17.7 Å². The second-order valence-electron chi connectivity index (χ2n) is 4.80. The lowest BCUT2D eigenvalue weighted by atomic mass is 10.1. The molecule has 0 amide bonds. The molecule has 102 valence electrons. The van der Waals surface area contributed by atoms with Crippen molar-refractivity contribution in [2.24, 2.45) is 0 Å². The monoisotopic (exact) mass is 270 g/mol. The van der Waals surface area contributed by atoms with Crippen molar-refractivity contribution < 1.29 is 14.6 Å². The van der Waals surface area contributed by atoms with Crippen molar-refractivity contribution in [2.75, 3.05) is 6.61 Å². The van der Waals surface area contributed by atoms with Crippen LogP contribution in [0.25, 0.3) is 10.9 Å². The molecule has 1 aromatic carbocycles. The number of aromatic carboxylic acids is 1. The number of hydrogen-bond acceptors (Lipinski definition) is 3. The topological polar surface area (TPSA) is 64.4 Å². The van der Waals surface area contributed by atoms with Crippen molar-refractivity contribution in [1.29, 1.82) is 0 Å². The fraction of sp³-hybridized carbons (Fsp3) is 0.333. The van der Waals surface area contributed by atoms with E-state index in [-0.39, 0.29) is 11.8 Å². The number of fused-ring (bicyclic) bond motifs is 1. The maximum atomic E-state index is 11.0. The summed E-state index contributed by atoms with van der Waals surface area (Å²) in [6, 6.07) is 4.87. The molecule has 3 rings (SSSR count). The summed E-state index contributed by atoms with van der Waals surface area (Å²) in [6.45, 7) is 0.713. The molecule has 5 heteroatoms. The Hall–Kier alpha value is -2.32. The molecule has 0 spiro atoms. The van der Waals surface area contributed by atoms with Crippen LogP contribution in [0.5, 0.6) is 0 Å². The van der Waals surface area contributed by atoms with Gasteiger partial charge in [-0.25, -0.2) is 9.48 Å². The van der Waals surface area contributed by atoms with Crippen molar-refractivity contribution in [3.63, 3.8) is 0 Å². The number of terminal acetylenes is 1. The van der Waals surface area contributed by atoms with Gasteiger partial charge in [-0.3, -0.25) is 0 Å². The van der Waals surface area contributed by atoms with Crippen LogP contribution in [-0.2, 0) is 4.74 Å². The molecule has 0 saturated carbocycles. The average Bonchev–Trinajstić information content (AvgIpc) is 2.86. The Morgan fingerprint density at radius 1 is 1.50 bits per heavy atom. The lowest BCUT2D eigenvalue weighted by molar-refractivity contribution is -0.0367. The fourth-order valence-electron chi connectivity index (χ4n) is 2.52. The number of ether oxygens (including phenoxy) is 1. The number of carboxylic acid groups (broad SMARTS) is 1. The Labute approximate surface area is 116 Å². The predicted octanol–water partition coefficient (Wildman–Crippen LogP) is 2.41. The van der Waals surface area contributed by atoms with Crippen LogP contribution in [0.4, 0.5) is 0 Å². The molecule has 0 unspecified atom stereocenters. The van der Waals surface area contributed by atoms with Gasteiger partial charge in [-0.05, 0) is 43.4 Å². The highest BCUT2D eigenvalue weighted by molar-refractivity contribution is 5.95. The predicted molar refractivity (Wildman–Crippen MR) is 73.5 cm³/mol. The van der Waals surface area contributed by atoms with Gasteiger partial charge in [0, 0.05) is 12.0 Å². The van der Waals surface area contributed by atoms with Gasteiger partial charge >= 0.3 is 5.97 Å². The van der Waals surface area contributed by atoms with E-state index in [9.17, 15) is 4.79 Å². The van der Waals surface area contributed by atoms with Crippen molar-refractivity contribution >= 4 is 16.9 Å². The molecule has 0 bridgehead atoms. The zero-order valence-electron chi connectivity index (χ0n) is 10.9. The third-order valence-corrected chi connectivity index (χ3v) is 3.52. The molecule has 1 fully saturated rings. The number of aromatic nitrogens is 2. The molecular weight excluding hydrogens is 256 g/mol. The molecule has 5 nitrogen and oxygen atoms in total. The van der Waals surface area contributed by atoms with E-state index < -0.39 is 5.97 Å². The smallest absolute Gasteiger partial charge is 0.335 e. The lowest BCUT2D eigenvalue weighted by Gasteiger charge is -2.23. The SMILES string of the molecule is C#Cc1nn([C@H]2CCCCO2)c2ccc(C(=O)O)cc12. The van der Waals surface area contributed by atoms with Gasteiger partial charge in [0.05, 0.1) is 11.1 Å². The molecule has 1 saturated heterocycles. The van der Waals surface area contributed by atoms with E-state index >= 15 is 0 Å². The standard InChI is InChI=1S/C15H14N2O3/c1-2-12-11-9-10(15(18)19)6-7-13(11)17(16-12)14-5-3-4-8-20-14/h1,6-7,9,14H,3-5,8H2,(H,18,19)/t14-/m1/s1. The highest BCUT2D eigenvalue weighted by atomic mass is 16.5. The molecule has 1 aliphatic rings. The van der Waals surface area contributed by atoms with Gasteiger partial charge < -0.3 is 9.84 Å². The maximum Gasteiger partial charge on any atom is 0.335 e. The third kappa shape index (κ3) is 2.04. The normalized spacial score (nSPS) is 18.9. The summed E-state index contributed by atoms with van der Waals surface area (Å²) in [6.07, 6.45) is 8.38. The molecule has 1 aromatic heterocycles. The van der Waals surface area contributed by atoms with E-state index in [4.69, 9.17) is 16.3 Å². The molecule has 20 heavy (non-hydrogen) atoms. The van der Waals surface area contributed by atoms with E-state index in [1.807, 2.05) is 0 Å². The molecule has 1 atom stereocenters. The quantitative estimate of drug-likeness (QED) is 0.851. The maximum absolute atomic E-state index is 11.0. The van der Waals surface area contributed by atoms with Crippen LogP contribution in [0.1, 0.15) is 41.5 Å². The van der Waals surface area contributed by atoms with Gasteiger partial charge in [0.15, 0.2) is 6.23 Å². The van der Waals surface area contributed by atoms with E-state index in [1.54, 1.807) is 22.9 Å². The van der Waals surface area contributed by atoms with E-state index in [2.05, 4.69) is 11.0 Å². The first kappa shape index (κ1) is 12.7. The molecule has 0 radical (unpaired) electrons. The Morgan fingerprint density at radius 2 is 2.35 bits per heavy atom. The summed E-state index contributed by atoms with van der Waals surface area (Å²) in [5.74, 6) is 1.54. The van der Waals surface area contributed by atoms with E-state index in [0.717, 1.165) is 24.8 Å². The molecule has 1 N–H and O–H groups in total. The van der Waals surface area contributed by atoms with Crippen molar-refractivity contribution in [1.82, 2.24) is 9.78 Å². The summed E-state index contributed by atoms with van der Waals surface area (Å²) < 4.78 is 7.50. The summed E-state index contributed by atoms with van der Waals surface area (Å²) in [5.41, 5.74) is 1.48. The Morgan fingerprint density at radius 3 is 3.00 bits per heavy atom. The Kier molecular flexibility index (Phi) is 3.17. The number of benzene rings is 1. The van der Waals surface area contributed by atoms with Gasteiger partial charge in [-0.1, -0.05) is 0 Å². The van der Waals surface area contributed by atoms with Gasteiger partial charge in [0.1, 0.15) is 5.69 Å². The summed E-state index contributed by atoms with van der Waals surface area (Å²) >= 11 is 0. The molecule has 0 aliphatic carbocycles. The van der Waals surface area contributed by atoms with E-state index in [1.165, 1.54) is 0 Å². The number of hydrogen-bond donors (Lipinski definition) is 1. The van der Waals surface area contributed by atoms with Crippen molar-refractivity contribution in [3.05, 3.63) is 29.5 Å². The third-order valence-electron chi connectivity index (χ3n) is 3.52. The average molecular weight is 270 g/mol. The number of carbonyl (C=O) groups is 1. The van der Waals surface area contributed by atoms with Crippen LogP contribution < -0.4 is 0 Å². The zero-order valence-corrected chi connectivity index (χ0v) is 10.9. The van der Waals surface area contributed by atoms with Crippen LogP contribution >= 0.6 is 0 Å². The van der Waals surface area contributed by atoms with Gasteiger partial charge in [0.25, 0.3) is 0 Å². The lowest BCUT2D eigenvalue weighted by Crippen LogP contribution is -2.19. The van der Waals surface area contributed by atoms with Gasteiger partial charge in [0.2, 0.25) is 0 Å². The number of rotatable bonds is 2. The van der Waals surface area contributed by atoms with Gasteiger partial charge in [-0.2, -0.15) is 5.10 Å². The minimum absolute atomic E-state index is 0.121. The van der Waals surface area contributed by atoms with Gasteiger partial charge in [-0.15, -0.1) is 6.42 Å². The molecule has 2 heterocycles. The highest BCUT2D eigenvalue weighted by Gasteiger charge is 2.21. The van der Waals surface area contributed by atoms with Crippen molar-refractivity contribution in [3.8, 4) is 12.3 Å². The zero-order chi connectivity index (χ0) is 14.1. The van der Waals surface area contributed by atoms with Crippen LogP contribution in [0.2, 0.25) is 0 Å². The summed E-state index contributed by atoms with van der Waals surface area (Å²) in [5, 5.41) is 14.1. The minimum Gasteiger partial charge on any atom is -0.478 e. The van der Waals surface area contributed by atoms with Crippen LogP contribution in [-0.4, -0.2) is 27.5 Å². The van der Waals surface area contributed by atoms with Crippen LogP contribution in [0.15, 0.2) is 18.2 Å². The first-order chi connectivity index (χ1) is 9.70. The van der Waals surface area contributed by atoms with Crippen LogP contribution in [0, 0.1) is 12.3 Å². The minimum atomic E-state index is -0.975. The first-order valence-electron chi connectivity index (χ1n) is 6.54. The molecule has 1 aliphatic heterocycles. The fourth-order valence-corrected chi connectivity index (χ4v) is 2.52. The van der Waals surface area contributed by atoms with Crippen molar-refractivity contribution in [2.45, 2.75) is 25.5 Å². The Balaban J connectivity index is 2.14. The second-order valence-corrected chi connectivity index (χ2v) is 4.80. The second kappa shape index (κ2) is 4.99. The first-order valence-corrected chi connectivity index (χ1v) is 6.54. The summed E-state index contributed by atoms with van der Waals surface area (Å²) in [4.78, 5) is 11.0. The highest BCUT2D eigenvalue weighted by Crippen LogP contribution is 2.28. The molecule has 2 aromatic rings. The Bertz CT molecular complexity index is 706. The van der Waals surface area contributed by atoms with Crippen LogP contribution in [0.3, 0.4) is 0 Å². The number of carboxylic acids is 1.